The first-order valence-electron chi connectivity index (χ1n) is 4.71. The van der Waals surface area contributed by atoms with Crippen LogP contribution in [0, 0.1) is 0 Å². The second kappa shape index (κ2) is 5.75. The number of allylic oxidation sites excluding steroid dienone is 1. The van der Waals surface area contributed by atoms with Gasteiger partial charge in [0.25, 0.3) is 0 Å². The number of hydrogen-bond donors (Lipinski definition) is 0. The van der Waals surface area contributed by atoms with Crippen LogP contribution >= 0.6 is 0 Å². The van der Waals surface area contributed by atoms with E-state index in [4.69, 9.17) is 9.47 Å². The molecule has 0 radical (unpaired) electrons. The van der Waals surface area contributed by atoms with E-state index >= 15 is 0 Å². The molecule has 1 aliphatic rings. The molecule has 13 heavy (non-hydrogen) atoms. The molecular formula is C10H16O3. The highest BCUT2D eigenvalue weighted by Crippen LogP contribution is 2.09. The SMILES string of the molecule is C=CCCCCC(=O)OCC1CO1. The number of carbonyl (C=O) groups is 1. The molecular weight excluding hydrogens is 168 g/mol. The summed E-state index contributed by atoms with van der Waals surface area (Å²) < 4.78 is 9.87. The number of carbonyl (C=O) groups excluding carboxylic acids is 1. The smallest absolute Gasteiger partial charge is 0.305 e. The minimum Gasteiger partial charge on any atom is -0.463 e. The molecule has 1 heterocycles. The van der Waals surface area contributed by atoms with E-state index in [0.717, 1.165) is 25.9 Å². The molecule has 0 aromatic rings. The molecule has 0 aliphatic carbocycles. The van der Waals surface area contributed by atoms with Gasteiger partial charge in [-0.15, -0.1) is 6.58 Å². The van der Waals surface area contributed by atoms with Gasteiger partial charge in [0, 0.05) is 6.42 Å². The molecule has 1 fully saturated rings. The zero-order valence-corrected chi connectivity index (χ0v) is 7.83. The van der Waals surface area contributed by atoms with E-state index in [2.05, 4.69) is 6.58 Å². The van der Waals surface area contributed by atoms with Gasteiger partial charge < -0.3 is 9.47 Å². The lowest BCUT2D eigenvalue weighted by Crippen LogP contribution is -2.09. The third-order valence-electron chi connectivity index (χ3n) is 1.87. The summed E-state index contributed by atoms with van der Waals surface area (Å²) in [5, 5.41) is 0. The summed E-state index contributed by atoms with van der Waals surface area (Å²) in [5.74, 6) is -0.112. The summed E-state index contributed by atoms with van der Waals surface area (Å²) in [5.41, 5.74) is 0. The molecule has 1 saturated heterocycles. The standard InChI is InChI=1S/C10H16O3/c1-2-3-4-5-6-10(11)13-8-9-7-12-9/h2,9H,1,3-8H2. The molecule has 3 nitrogen and oxygen atoms in total. The Labute approximate surface area is 78.7 Å². The van der Waals surface area contributed by atoms with Gasteiger partial charge in [0.2, 0.25) is 0 Å². The van der Waals surface area contributed by atoms with Gasteiger partial charge >= 0.3 is 5.97 Å². The molecule has 0 saturated carbocycles. The molecule has 3 heteroatoms. The fourth-order valence-corrected chi connectivity index (χ4v) is 0.980. The van der Waals surface area contributed by atoms with Gasteiger partial charge in [0.15, 0.2) is 0 Å². The number of esters is 1. The second-order valence-corrected chi connectivity index (χ2v) is 3.17. The van der Waals surface area contributed by atoms with Crippen LogP contribution in [-0.2, 0) is 14.3 Å². The van der Waals surface area contributed by atoms with Crippen LogP contribution in [0.2, 0.25) is 0 Å². The summed E-state index contributed by atoms with van der Waals surface area (Å²) in [6.45, 7) is 4.78. The Morgan fingerprint density at radius 1 is 1.62 bits per heavy atom. The van der Waals surface area contributed by atoms with Gasteiger partial charge in [0.1, 0.15) is 12.7 Å². The minimum absolute atomic E-state index is 0.112. The van der Waals surface area contributed by atoms with Crippen LogP contribution < -0.4 is 0 Å². The highest BCUT2D eigenvalue weighted by atomic mass is 16.6. The largest absolute Gasteiger partial charge is 0.463 e. The average molecular weight is 184 g/mol. The van der Waals surface area contributed by atoms with Crippen molar-refractivity contribution in [2.75, 3.05) is 13.2 Å². The number of hydrogen-bond acceptors (Lipinski definition) is 3. The van der Waals surface area contributed by atoms with Crippen LogP contribution in [0.5, 0.6) is 0 Å². The summed E-state index contributed by atoms with van der Waals surface area (Å²) >= 11 is 0. The van der Waals surface area contributed by atoms with E-state index in [-0.39, 0.29) is 12.1 Å². The molecule has 0 bridgehead atoms. The van der Waals surface area contributed by atoms with Gasteiger partial charge in [-0.25, -0.2) is 0 Å². The van der Waals surface area contributed by atoms with Crippen LogP contribution in [-0.4, -0.2) is 25.3 Å². The van der Waals surface area contributed by atoms with Gasteiger partial charge in [0.05, 0.1) is 6.61 Å². The topological polar surface area (TPSA) is 38.8 Å². The fourth-order valence-electron chi connectivity index (χ4n) is 0.980. The van der Waals surface area contributed by atoms with Crippen LogP contribution in [0.4, 0.5) is 0 Å². The Morgan fingerprint density at radius 2 is 2.38 bits per heavy atom. The van der Waals surface area contributed by atoms with Crippen molar-refractivity contribution in [3.63, 3.8) is 0 Å². The molecule has 1 rings (SSSR count). The normalized spacial score (nSPS) is 19.5. The van der Waals surface area contributed by atoms with E-state index in [1.54, 1.807) is 0 Å². The number of epoxide rings is 1. The Kier molecular flexibility index (Phi) is 4.54. The molecule has 0 aromatic heterocycles. The van der Waals surface area contributed by atoms with E-state index in [0.29, 0.717) is 13.0 Å². The van der Waals surface area contributed by atoms with Crippen molar-refractivity contribution in [1.29, 1.82) is 0 Å². The molecule has 0 amide bonds. The zero-order chi connectivity index (χ0) is 9.52. The predicted octanol–water partition coefficient (Wildman–Crippen LogP) is 1.67. The van der Waals surface area contributed by atoms with Crippen molar-refractivity contribution in [3.05, 3.63) is 12.7 Å². The first kappa shape index (κ1) is 10.3. The van der Waals surface area contributed by atoms with Gasteiger partial charge in [-0.3, -0.25) is 4.79 Å². The van der Waals surface area contributed by atoms with Gasteiger partial charge in [-0.05, 0) is 19.3 Å². The Bertz CT molecular complexity index is 173. The van der Waals surface area contributed by atoms with E-state index in [9.17, 15) is 4.79 Å². The lowest BCUT2D eigenvalue weighted by molar-refractivity contribution is -0.144. The van der Waals surface area contributed by atoms with Crippen molar-refractivity contribution >= 4 is 5.97 Å². The van der Waals surface area contributed by atoms with Crippen LogP contribution in [0.25, 0.3) is 0 Å². The molecule has 74 valence electrons. The first-order chi connectivity index (χ1) is 6.33. The number of rotatable bonds is 7. The Hall–Kier alpha value is -0.830. The number of ether oxygens (including phenoxy) is 2. The summed E-state index contributed by atoms with van der Waals surface area (Å²) in [6, 6.07) is 0. The number of unbranched alkanes of at least 4 members (excludes halogenated alkanes) is 2. The molecule has 1 unspecified atom stereocenters. The lowest BCUT2D eigenvalue weighted by Gasteiger charge is -2.01. The van der Waals surface area contributed by atoms with Gasteiger partial charge in [-0.2, -0.15) is 0 Å². The highest BCUT2D eigenvalue weighted by molar-refractivity contribution is 5.69. The average Bonchev–Trinajstić information content (AvgIpc) is 2.92. The van der Waals surface area contributed by atoms with Crippen molar-refractivity contribution in [3.8, 4) is 0 Å². The van der Waals surface area contributed by atoms with Crippen molar-refractivity contribution in [2.24, 2.45) is 0 Å². The molecule has 0 aromatic carbocycles. The molecule has 0 N–H and O–H groups in total. The predicted molar refractivity (Wildman–Crippen MR) is 49.4 cm³/mol. The van der Waals surface area contributed by atoms with Crippen LogP contribution in [0.15, 0.2) is 12.7 Å². The Morgan fingerprint density at radius 3 is 3.00 bits per heavy atom. The fraction of sp³-hybridized carbons (Fsp3) is 0.700. The third kappa shape index (κ3) is 5.42. The maximum atomic E-state index is 11.0. The van der Waals surface area contributed by atoms with Crippen LogP contribution in [0.1, 0.15) is 25.7 Å². The maximum Gasteiger partial charge on any atom is 0.305 e. The third-order valence-corrected chi connectivity index (χ3v) is 1.87. The monoisotopic (exact) mass is 184 g/mol. The molecule has 0 spiro atoms. The quantitative estimate of drug-likeness (QED) is 0.261. The van der Waals surface area contributed by atoms with Crippen molar-refractivity contribution < 1.29 is 14.3 Å². The van der Waals surface area contributed by atoms with E-state index < -0.39 is 0 Å². The maximum absolute atomic E-state index is 11.0. The first-order valence-corrected chi connectivity index (χ1v) is 4.71. The summed E-state index contributed by atoms with van der Waals surface area (Å²) in [4.78, 5) is 11.0. The second-order valence-electron chi connectivity index (χ2n) is 3.17. The highest BCUT2D eigenvalue weighted by Gasteiger charge is 2.23. The van der Waals surface area contributed by atoms with E-state index in [1.807, 2.05) is 6.08 Å². The Balaban J connectivity index is 1.87. The summed E-state index contributed by atoms with van der Waals surface area (Å²) in [6.07, 6.45) is 5.43. The van der Waals surface area contributed by atoms with Crippen molar-refractivity contribution in [1.82, 2.24) is 0 Å². The van der Waals surface area contributed by atoms with Crippen molar-refractivity contribution in [2.45, 2.75) is 31.8 Å². The molecule has 1 aliphatic heterocycles. The van der Waals surface area contributed by atoms with Crippen LogP contribution in [0.3, 0.4) is 0 Å². The minimum atomic E-state index is -0.112. The lowest BCUT2D eigenvalue weighted by atomic mass is 10.2. The van der Waals surface area contributed by atoms with Gasteiger partial charge in [-0.1, -0.05) is 6.08 Å². The van der Waals surface area contributed by atoms with E-state index in [1.165, 1.54) is 0 Å². The summed E-state index contributed by atoms with van der Waals surface area (Å²) in [7, 11) is 0. The molecule has 1 atom stereocenters. The zero-order valence-electron chi connectivity index (χ0n) is 7.83.